The molecule has 1 heterocycles. The van der Waals surface area contributed by atoms with Crippen molar-refractivity contribution in [2.45, 2.75) is 18.0 Å². The van der Waals surface area contributed by atoms with Crippen LogP contribution >= 0.6 is 11.8 Å². The van der Waals surface area contributed by atoms with E-state index in [9.17, 15) is 4.79 Å². The summed E-state index contributed by atoms with van der Waals surface area (Å²) in [4.78, 5) is 16.0. The topological polar surface area (TPSA) is 62.2 Å². The number of thioether (sulfide) groups is 1. The van der Waals surface area contributed by atoms with Gasteiger partial charge in [-0.2, -0.15) is 0 Å². The molecule has 0 aliphatic carbocycles. The van der Waals surface area contributed by atoms with E-state index in [1.54, 1.807) is 13.1 Å². The standard InChI is InChI=1S/C14H16N2O2S/c1-10(8-17)16-13(18)9-19-14-12-5-3-2-4-11(12)6-7-15-14/h2-7,10,17H,8-9H2,1H3,(H,16,18). The second-order valence-electron chi connectivity index (χ2n) is 4.28. The molecule has 2 N–H and O–H groups in total. The molecule has 0 spiro atoms. The van der Waals surface area contributed by atoms with Crippen molar-refractivity contribution in [1.82, 2.24) is 10.3 Å². The van der Waals surface area contributed by atoms with Gasteiger partial charge in [0.1, 0.15) is 5.03 Å². The number of rotatable bonds is 5. The van der Waals surface area contributed by atoms with E-state index in [4.69, 9.17) is 5.11 Å². The molecule has 0 radical (unpaired) electrons. The van der Waals surface area contributed by atoms with Crippen LogP contribution in [-0.2, 0) is 4.79 Å². The average molecular weight is 276 g/mol. The van der Waals surface area contributed by atoms with Gasteiger partial charge in [-0.1, -0.05) is 36.0 Å². The van der Waals surface area contributed by atoms with Gasteiger partial charge in [0.15, 0.2) is 0 Å². The van der Waals surface area contributed by atoms with E-state index in [2.05, 4.69) is 10.3 Å². The molecule has 1 unspecified atom stereocenters. The van der Waals surface area contributed by atoms with Gasteiger partial charge in [-0.3, -0.25) is 4.79 Å². The van der Waals surface area contributed by atoms with Gasteiger partial charge in [-0.25, -0.2) is 4.98 Å². The number of hydrogen-bond donors (Lipinski definition) is 2. The number of hydrogen-bond acceptors (Lipinski definition) is 4. The largest absolute Gasteiger partial charge is 0.394 e. The molecule has 4 nitrogen and oxygen atoms in total. The quantitative estimate of drug-likeness (QED) is 0.818. The van der Waals surface area contributed by atoms with Crippen molar-refractivity contribution in [3.8, 4) is 0 Å². The van der Waals surface area contributed by atoms with Crippen LogP contribution < -0.4 is 5.32 Å². The van der Waals surface area contributed by atoms with Gasteiger partial charge in [0.05, 0.1) is 12.4 Å². The molecule has 100 valence electrons. The Morgan fingerprint density at radius 3 is 3.00 bits per heavy atom. The molecule has 0 saturated carbocycles. The molecule has 1 atom stereocenters. The van der Waals surface area contributed by atoms with Gasteiger partial charge in [0, 0.05) is 17.6 Å². The number of benzene rings is 1. The maximum Gasteiger partial charge on any atom is 0.230 e. The maximum atomic E-state index is 11.7. The summed E-state index contributed by atoms with van der Waals surface area (Å²) in [5.74, 6) is 0.201. The van der Waals surface area contributed by atoms with Gasteiger partial charge in [0.2, 0.25) is 5.91 Å². The molecule has 1 aromatic carbocycles. The average Bonchev–Trinajstić information content (AvgIpc) is 2.44. The Morgan fingerprint density at radius 2 is 2.21 bits per heavy atom. The van der Waals surface area contributed by atoms with Crippen molar-refractivity contribution in [3.63, 3.8) is 0 Å². The monoisotopic (exact) mass is 276 g/mol. The molecule has 5 heteroatoms. The minimum Gasteiger partial charge on any atom is -0.394 e. The lowest BCUT2D eigenvalue weighted by molar-refractivity contribution is -0.119. The number of carbonyl (C=O) groups excluding carboxylic acids is 1. The van der Waals surface area contributed by atoms with Crippen LogP contribution in [-0.4, -0.2) is 34.4 Å². The second-order valence-corrected chi connectivity index (χ2v) is 5.24. The fourth-order valence-electron chi connectivity index (χ4n) is 1.70. The zero-order chi connectivity index (χ0) is 13.7. The second kappa shape index (κ2) is 6.54. The van der Waals surface area contributed by atoms with Gasteiger partial charge in [-0.15, -0.1) is 0 Å². The molecule has 19 heavy (non-hydrogen) atoms. The van der Waals surface area contributed by atoms with Crippen molar-refractivity contribution in [2.75, 3.05) is 12.4 Å². The van der Waals surface area contributed by atoms with Gasteiger partial charge >= 0.3 is 0 Å². The highest BCUT2D eigenvalue weighted by molar-refractivity contribution is 8.00. The number of nitrogens with one attached hydrogen (secondary N) is 1. The van der Waals surface area contributed by atoms with Gasteiger partial charge < -0.3 is 10.4 Å². The summed E-state index contributed by atoms with van der Waals surface area (Å²) < 4.78 is 0. The predicted octanol–water partition coefficient (Wildman–Crippen LogP) is 1.82. The Morgan fingerprint density at radius 1 is 1.42 bits per heavy atom. The van der Waals surface area contributed by atoms with E-state index in [1.165, 1.54) is 11.8 Å². The Bertz CT molecular complexity index is 569. The minimum absolute atomic E-state index is 0.0527. The Labute approximate surface area is 116 Å². The van der Waals surface area contributed by atoms with Crippen LogP contribution in [0.1, 0.15) is 6.92 Å². The summed E-state index contributed by atoms with van der Waals surface area (Å²) in [5.41, 5.74) is 0. The predicted molar refractivity (Wildman–Crippen MR) is 77.2 cm³/mol. The molecule has 0 saturated heterocycles. The fourth-order valence-corrected chi connectivity index (χ4v) is 2.53. The molecular formula is C14H16N2O2S. The highest BCUT2D eigenvalue weighted by Crippen LogP contribution is 2.25. The highest BCUT2D eigenvalue weighted by atomic mass is 32.2. The zero-order valence-corrected chi connectivity index (χ0v) is 11.5. The van der Waals surface area contributed by atoms with Crippen LogP contribution in [0.4, 0.5) is 0 Å². The number of aromatic nitrogens is 1. The summed E-state index contributed by atoms with van der Waals surface area (Å²) in [6.07, 6.45) is 1.75. The molecule has 1 amide bonds. The first-order valence-electron chi connectivity index (χ1n) is 6.07. The highest BCUT2D eigenvalue weighted by Gasteiger charge is 2.09. The molecule has 2 rings (SSSR count). The van der Waals surface area contributed by atoms with Crippen LogP contribution in [0.25, 0.3) is 10.8 Å². The molecule has 0 aliphatic rings. The third kappa shape index (κ3) is 3.68. The SMILES string of the molecule is CC(CO)NC(=O)CSc1nccc2ccccc12. The van der Waals surface area contributed by atoms with Crippen molar-refractivity contribution >= 4 is 28.4 Å². The lowest BCUT2D eigenvalue weighted by atomic mass is 10.2. The molecule has 1 aromatic heterocycles. The van der Waals surface area contributed by atoms with E-state index >= 15 is 0 Å². The van der Waals surface area contributed by atoms with Gasteiger partial charge in [0.25, 0.3) is 0 Å². The van der Waals surface area contributed by atoms with Gasteiger partial charge in [-0.05, 0) is 18.4 Å². The third-order valence-corrected chi connectivity index (χ3v) is 3.66. The number of fused-ring (bicyclic) bond motifs is 1. The van der Waals surface area contributed by atoms with Crippen LogP contribution in [0.5, 0.6) is 0 Å². The first kappa shape index (κ1) is 13.8. The Hall–Kier alpha value is -1.59. The Balaban J connectivity index is 2.04. The lowest BCUT2D eigenvalue weighted by Crippen LogP contribution is -2.36. The van der Waals surface area contributed by atoms with E-state index < -0.39 is 0 Å². The van der Waals surface area contributed by atoms with Crippen molar-refractivity contribution in [1.29, 1.82) is 0 Å². The molecule has 0 bridgehead atoms. The number of aliphatic hydroxyl groups excluding tert-OH is 1. The number of amides is 1. The lowest BCUT2D eigenvalue weighted by Gasteiger charge is -2.10. The maximum absolute atomic E-state index is 11.7. The first-order chi connectivity index (χ1) is 9.20. The van der Waals surface area contributed by atoms with Crippen molar-refractivity contribution in [3.05, 3.63) is 36.5 Å². The number of aliphatic hydroxyl groups is 1. The van der Waals surface area contributed by atoms with E-state index in [1.807, 2.05) is 30.3 Å². The number of nitrogens with zero attached hydrogens (tertiary/aromatic N) is 1. The fraction of sp³-hybridized carbons (Fsp3) is 0.286. The number of pyridine rings is 1. The summed E-state index contributed by atoms with van der Waals surface area (Å²) in [6.45, 7) is 1.71. The van der Waals surface area contributed by atoms with Crippen LogP contribution in [0.3, 0.4) is 0 Å². The molecular weight excluding hydrogens is 260 g/mol. The normalized spacial score (nSPS) is 12.3. The number of carbonyl (C=O) groups is 1. The van der Waals surface area contributed by atoms with E-state index in [0.29, 0.717) is 5.75 Å². The molecule has 0 fully saturated rings. The van der Waals surface area contributed by atoms with Crippen LogP contribution in [0.2, 0.25) is 0 Å². The first-order valence-corrected chi connectivity index (χ1v) is 7.06. The van der Waals surface area contributed by atoms with Crippen LogP contribution in [0.15, 0.2) is 41.6 Å². The van der Waals surface area contributed by atoms with Crippen molar-refractivity contribution in [2.24, 2.45) is 0 Å². The molecule has 2 aromatic rings. The van der Waals surface area contributed by atoms with Crippen molar-refractivity contribution < 1.29 is 9.90 Å². The van der Waals surface area contributed by atoms with E-state index in [-0.39, 0.29) is 18.6 Å². The molecule has 0 aliphatic heterocycles. The summed E-state index contributed by atoms with van der Waals surface area (Å²) in [6, 6.07) is 9.70. The summed E-state index contributed by atoms with van der Waals surface area (Å²) in [7, 11) is 0. The summed E-state index contributed by atoms with van der Waals surface area (Å²) in [5, 5.41) is 14.6. The smallest absolute Gasteiger partial charge is 0.230 e. The van der Waals surface area contributed by atoms with E-state index in [0.717, 1.165) is 15.8 Å². The third-order valence-electron chi connectivity index (χ3n) is 2.66. The Kier molecular flexibility index (Phi) is 4.76. The summed E-state index contributed by atoms with van der Waals surface area (Å²) >= 11 is 1.41. The zero-order valence-electron chi connectivity index (χ0n) is 10.7. The minimum atomic E-state index is -0.214. The van der Waals surface area contributed by atoms with Crippen LogP contribution in [0, 0.1) is 0 Å².